The lowest BCUT2D eigenvalue weighted by Crippen LogP contribution is -2.24. The van der Waals surface area contributed by atoms with Crippen LogP contribution in [0.2, 0.25) is 0 Å². The van der Waals surface area contributed by atoms with Crippen molar-refractivity contribution in [2.45, 2.75) is 38.6 Å². The molecule has 0 atom stereocenters. The summed E-state index contributed by atoms with van der Waals surface area (Å²) in [6.45, 7) is 4.94. The molecule has 0 amide bonds. The molecule has 1 aromatic rings. The molecule has 0 bridgehead atoms. The number of rotatable bonds is 6. The number of aromatic nitrogens is 2. The number of halogens is 1. The van der Waals surface area contributed by atoms with Crippen LogP contribution in [0.1, 0.15) is 32.1 Å². The molecule has 1 heterocycles. The highest BCUT2D eigenvalue weighted by atomic mass is 79.9. The van der Waals surface area contributed by atoms with Crippen molar-refractivity contribution < 1.29 is 0 Å². The molecule has 5 heteroatoms. The quantitative estimate of drug-likeness (QED) is 0.817. The fourth-order valence-corrected chi connectivity index (χ4v) is 3.00. The molecule has 2 rings (SSSR count). The predicted octanol–water partition coefficient (Wildman–Crippen LogP) is 3.18. The van der Waals surface area contributed by atoms with E-state index in [1.54, 1.807) is 12.3 Å². The van der Waals surface area contributed by atoms with Crippen molar-refractivity contribution in [3.8, 4) is 0 Å². The summed E-state index contributed by atoms with van der Waals surface area (Å²) in [4.78, 5) is 12.0. The standard InChI is InChI=1S/C14H20BrN3O/c1-2-9-18-14(19)13(15)12(10-17-18)16-8-7-11-5-3-4-6-11/h2,10-11,16H,1,3-9H2. The van der Waals surface area contributed by atoms with Gasteiger partial charge in [0.05, 0.1) is 18.4 Å². The van der Waals surface area contributed by atoms with Gasteiger partial charge >= 0.3 is 0 Å². The molecule has 0 aromatic carbocycles. The summed E-state index contributed by atoms with van der Waals surface area (Å²) >= 11 is 3.34. The van der Waals surface area contributed by atoms with Crippen molar-refractivity contribution in [2.24, 2.45) is 5.92 Å². The van der Waals surface area contributed by atoms with Gasteiger partial charge in [-0.2, -0.15) is 5.10 Å². The summed E-state index contributed by atoms with van der Waals surface area (Å²) < 4.78 is 1.94. The molecule has 1 N–H and O–H groups in total. The van der Waals surface area contributed by atoms with Gasteiger partial charge in [0.1, 0.15) is 4.47 Å². The average molecular weight is 326 g/mol. The average Bonchev–Trinajstić information content (AvgIpc) is 2.91. The number of allylic oxidation sites excluding steroid dienone is 1. The Hall–Kier alpha value is -1.10. The number of anilines is 1. The highest BCUT2D eigenvalue weighted by Gasteiger charge is 2.14. The molecule has 1 aromatic heterocycles. The number of nitrogens with one attached hydrogen (secondary N) is 1. The molecular weight excluding hydrogens is 306 g/mol. The third-order valence-electron chi connectivity index (χ3n) is 3.63. The first-order valence-corrected chi connectivity index (χ1v) is 7.62. The summed E-state index contributed by atoms with van der Waals surface area (Å²) in [7, 11) is 0. The maximum atomic E-state index is 12.0. The first-order chi connectivity index (χ1) is 9.22. The molecule has 0 aliphatic heterocycles. The Kier molecular flexibility index (Phi) is 5.19. The zero-order chi connectivity index (χ0) is 13.7. The van der Waals surface area contributed by atoms with Crippen LogP contribution in [0.15, 0.2) is 28.1 Å². The Bertz CT molecular complexity index is 492. The van der Waals surface area contributed by atoms with Crippen LogP contribution in [0.3, 0.4) is 0 Å². The molecule has 1 aliphatic rings. The Morgan fingerprint density at radius 1 is 1.53 bits per heavy atom. The lowest BCUT2D eigenvalue weighted by atomic mass is 10.0. The van der Waals surface area contributed by atoms with Gasteiger partial charge in [-0.25, -0.2) is 4.68 Å². The lowest BCUT2D eigenvalue weighted by molar-refractivity contribution is 0.518. The smallest absolute Gasteiger partial charge is 0.283 e. The minimum atomic E-state index is -0.120. The van der Waals surface area contributed by atoms with Crippen LogP contribution in [0.25, 0.3) is 0 Å². The maximum absolute atomic E-state index is 12.0. The third-order valence-corrected chi connectivity index (χ3v) is 4.40. The van der Waals surface area contributed by atoms with E-state index in [1.165, 1.54) is 36.8 Å². The van der Waals surface area contributed by atoms with Crippen LogP contribution in [-0.4, -0.2) is 16.3 Å². The van der Waals surface area contributed by atoms with Gasteiger partial charge in [0, 0.05) is 6.54 Å². The fraction of sp³-hybridized carbons (Fsp3) is 0.571. The fourth-order valence-electron chi connectivity index (χ4n) is 2.55. The third kappa shape index (κ3) is 3.69. The first-order valence-electron chi connectivity index (χ1n) is 6.82. The van der Waals surface area contributed by atoms with Crippen molar-refractivity contribution in [3.63, 3.8) is 0 Å². The molecular formula is C14H20BrN3O. The SMILES string of the molecule is C=CCn1ncc(NCCC2CCCC2)c(Br)c1=O. The molecule has 104 valence electrons. The molecule has 0 saturated heterocycles. The Balaban J connectivity index is 1.94. The van der Waals surface area contributed by atoms with E-state index >= 15 is 0 Å². The first kappa shape index (κ1) is 14.3. The van der Waals surface area contributed by atoms with Crippen molar-refractivity contribution in [2.75, 3.05) is 11.9 Å². The molecule has 1 fully saturated rings. The van der Waals surface area contributed by atoms with Gasteiger partial charge in [0.25, 0.3) is 5.56 Å². The van der Waals surface area contributed by atoms with E-state index in [9.17, 15) is 4.79 Å². The molecule has 1 saturated carbocycles. The topological polar surface area (TPSA) is 46.9 Å². The molecule has 0 spiro atoms. The van der Waals surface area contributed by atoms with Crippen LogP contribution < -0.4 is 10.9 Å². The summed E-state index contributed by atoms with van der Waals surface area (Å²) in [5.41, 5.74) is 0.661. The lowest BCUT2D eigenvalue weighted by Gasteiger charge is -2.12. The molecule has 1 aliphatic carbocycles. The van der Waals surface area contributed by atoms with Crippen molar-refractivity contribution in [3.05, 3.63) is 33.7 Å². The van der Waals surface area contributed by atoms with E-state index in [0.717, 1.165) is 18.2 Å². The minimum Gasteiger partial charge on any atom is -0.383 e. The molecule has 4 nitrogen and oxygen atoms in total. The molecule has 0 radical (unpaired) electrons. The Morgan fingerprint density at radius 3 is 2.95 bits per heavy atom. The van der Waals surface area contributed by atoms with E-state index in [-0.39, 0.29) is 5.56 Å². The summed E-state index contributed by atoms with van der Waals surface area (Å²) in [6, 6.07) is 0. The Labute approximate surface area is 122 Å². The summed E-state index contributed by atoms with van der Waals surface area (Å²) in [5.74, 6) is 0.848. The van der Waals surface area contributed by atoms with Gasteiger partial charge in [-0.15, -0.1) is 6.58 Å². The van der Waals surface area contributed by atoms with Crippen molar-refractivity contribution in [1.29, 1.82) is 0 Å². The van der Waals surface area contributed by atoms with E-state index in [4.69, 9.17) is 0 Å². The van der Waals surface area contributed by atoms with Crippen LogP contribution in [0.5, 0.6) is 0 Å². The highest BCUT2D eigenvalue weighted by Crippen LogP contribution is 2.27. The van der Waals surface area contributed by atoms with Crippen LogP contribution in [-0.2, 0) is 6.54 Å². The second-order valence-corrected chi connectivity index (χ2v) is 5.81. The zero-order valence-corrected chi connectivity index (χ0v) is 12.7. The number of nitrogens with zero attached hydrogens (tertiary/aromatic N) is 2. The largest absolute Gasteiger partial charge is 0.383 e. The van der Waals surface area contributed by atoms with Gasteiger partial charge < -0.3 is 5.32 Å². The Morgan fingerprint density at radius 2 is 2.26 bits per heavy atom. The monoisotopic (exact) mass is 325 g/mol. The predicted molar refractivity (Wildman–Crippen MR) is 81.5 cm³/mol. The van der Waals surface area contributed by atoms with Crippen molar-refractivity contribution in [1.82, 2.24) is 9.78 Å². The molecule has 0 unspecified atom stereocenters. The summed E-state index contributed by atoms with van der Waals surface area (Å²) in [6.07, 6.45) is 9.96. The highest BCUT2D eigenvalue weighted by molar-refractivity contribution is 9.10. The van der Waals surface area contributed by atoms with Gasteiger partial charge in [0.2, 0.25) is 0 Å². The van der Waals surface area contributed by atoms with Crippen molar-refractivity contribution >= 4 is 21.6 Å². The zero-order valence-electron chi connectivity index (χ0n) is 11.1. The number of hydrogen-bond donors (Lipinski definition) is 1. The number of hydrogen-bond acceptors (Lipinski definition) is 3. The van der Waals surface area contributed by atoms with E-state index in [1.807, 2.05) is 0 Å². The van der Waals surface area contributed by atoms with Gasteiger partial charge in [0.15, 0.2) is 0 Å². The van der Waals surface area contributed by atoms with Crippen LogP contribution >= 0.6 is 15.9 Å². The van der Waals surface area contributed by atoms with Gasteiger partial charge in [-0.1, -0.05) is 31.8 Å². The van der Waals surface area contributed by atoms with Crippen LogP contribution in [0.4, 0.5) is 5.69 Å². The van der Waals surface area contributed by atoms with Crippen LogP contribution in [0, 0.1) is 5.92 Å². The molecule has 19 heavy (non-hydrogen) atoms. The van der Waals surface area contributed by atoms with E-state index < -0.39 is 0 Å². The van der Waals surface area contributed by atoms with Gasteiger partial charge in [-0.05, 0) is 28.3 Å². The summed E-state index contributed by atoms with van der Waals surface area (Å²) in [5, 5.41) is 7.42. The second kappa shape index (κ2) is 6.89. The normalized spacial score (nSPS) is 15.6. The van der Waals surface area contributed by atoms with E-state index in [2.05, 4.69) is 32.9 Å². The minimum absolute atomic E-state index is 0.120. The maximum Gasteiger partial charge on any atom is 0.283 e. The second-order valence-electron chi connectivity index (χ2n) is 5.01. The van der Waals surface area contributed by atoms with E-state index in [0.29, 0.717) is 11.0 Å². The van der Waals surface area contributed by atoms with Gasteiger partial charge in [-0.3, -0.25) is 4.79 Å².